The molecule has 1 aromatic carbocycles. The number of aryl methyl sites for hydroxylation is 1. The Balaban J connectivity index is 2.08. The van der Waals surface area contributed by atoms with Gasteiger partial charge in [0.1, 0.15) is 0 Å². The first-order valence-corrected chi connectivity index (χ1v) is 6.61. The first kappa shape index (κ1) is 14.5. The minimum atomic E-state index is -0.0467. The molecule has 2 aromatic rings. The molecule has 6 nitrogen and oxygen atoms in total. The molecule has 20 heavy (non-hydrogen) atoms. The number of carbonyl (C=O) groups excluding carboxylic acids is 1. The Hall–Kier alpha value is -1.95. The van der Waals surface area contributed by atoms with E-state index >= 15 is 0 Å². The molecule has 0 aliphatic rings. The average Bonchev–Trinajstić information content (AvgIpc) is 2.91. The van der Waals surface area contributed by atoms with E-state index in [1.807, 2.05) is 13.8 Å². The summed E-state index contributed by atoms with van der Waals surface area (Å²) in [6, 6.07) is 5.25. The average molecular weight is 294 g/mol. The molecule has 1 N–H and O–H groups in total. The zero-order valence-electron chi connectivity index (χ0n) is 11.6. The number of aromatic amines is 1. The van der Waals surface area contributed by atoms with E-state index in [1.54, 1.807) is 30.1 Å². The molecular formula is C13H16ClN5O. The lowest BCUT2D eigenvalue weighted by molar-refractivity contribution is 0.0786. The van der Waals surface area contributed by atoms with E-state index in [4.69, 9.17) is 11.6 Å². The molecule has 0 saturated heterocycles. The largest absolute Gasteiger partial charge is 0.341 e. The number of tetrazole rings is 1. The molecule has 1 amide bonds. The zero-order valence-corrected chi connectivity index (χ0v) is 12.3. The second-order valence-electron chi connectivity index (χ2n) is 4.82. The van der Waals surface area contributed by atoms with Crippen molar-refractivity contribution in [1.29, 1.82) is 0 Å². The Morgan fingerprint density at radius 3 is 2.85 bits per heavy atom. The third kappa shape index (κ3) is 3.14. The number of halogens is 1. The van der Waals surface area contributed by atoms with Crippen LogP contribution in [0.5, 0.6) is 0 Å². The molecule has 7 heteroatoms. The molecule has 0 bridgehead atoms. The van der Waals surface area contributed by atoms with E-state index in [9.17, 15) is 4.79 Å². The van der Waals surface area contributed by atoms with E-state index < -0.39 is 0 Å². The lowest BCUT2D eigenvalue weighted by Crippen LogP contribution is -2.31. The molecule has 106 valence electrons. The summed E-state index contributed by atoms with van der Waals surface area (Å²) in [6.07, 6.45) is 0. The van der Waals surface area contributed by atoms with Crippen molar-refractivity contribution in [1.82, 2.24) is 25.5 Å². The summed E-state index contributed by atoms with van der Waals surface area (Å²) in [7, 11) is 1.76. The minimum Gasteiger partial charge on any atom is -0.341 e. The number of likely N-dealkylation sites (N-methyl/N-ethyl adjacent to an activating group) is 1. The van der Waals surface area contributed by atoms with Gasteiger partial charge in [-0.2, -0.15) is 5.21 Å². The second-order valence-corrected chi connectivity index (χ2v) is 5.25. The van der Waals surface area contributed by atoms with E-state index in [1.165, 1.54) is 0 Å². The fraction of sp³-hybridized carbons (Fsp3) is 0.385. The van der Waals surface area contributed by atoms with E-state index in [0.29, 0.717) is 23.0 Å². The van der Waals surface area contributed by atoms with Gasteiger partial charge < -0.3 is 4.90 Å². The normalized spacial score (nSPS) is 12.2. The zero-order chi connectivity index (χ0) is 14.7. The van der Waals surface area contributed by atoms with Crippen molar-refractivity contribution in [2.24, 2.45) is 0 Å². The monoisotopic (exact) mass is 293 g/mol. The van der Waals surface area contributed by atoms with E-state index in [0.717, 1.165) is 5.56 Å². The lowest BCUT2D eigenvalue weighted by Gasteiger charge is -2.20. The van der Waals surface area contributed by atoms with Gasteiger partial charge in [-0.1, -0.05) is 23.7 Å². The predicted molar refractivity (Wildman–Crippen MR) is 75.7 cm³/mol. The quantitative estimate of drug-likeness (QED) is 0.936. The maximum absolute atomic E-state index is 12.4. The Bertz CT molecular complexity index is 599. The SMILES string of the molecule is Cc1cc(Cl)ccc1C(=O)N(C)CC(C)c1nn[nH]n1. The Morgan fingerprint density at radius 2 is 2.25 bits per heavy atom. The molecule has 0 radical (unpaired) electrons. The Labute approximate surface area is 122 Å². The van der Waals surface area contributed by atoms with Crippen molar-refractivity contribution in [2.45, 2.75) is 19.8 Å². The first-order chi connectivity index (χ1) is 9.49. The number of aromatic nitrogens is 4. The molecule has 1 aromatic heterocycles. The third-order valence-electron chi connectivity index (χ3n) is 3.12. The summed E-state index contributed by atoms with van der Waals surface area (Å²) >= 11 is 5.90. The summed E-state index contributed by atoms with van der Waals surface area (Å²) in [6.45, 7) is 4.33. The maximum Gasteiger partial charge on any atom is 0.253 e. The highest BCUT2D eigenvalue weighted by molar-refractivity contribution is 6.30. The second kappa shape index (κ2) is 6.00. The summed E-state index contributed by atoms with van der Waals surface area (Å²) in [5.74, 6) is 0.558. The van der Waals surface area contributed by atoms with Crippen molar-refractivity contribution in [3.8, 4) is 0 Å². The minimum absolute atomic E-state index is 0.00954. The summed E-state index contributed by atoms with van der Waals surface area (Å²) < 4.78 is 0. The molecule has 0 saturated carbocycles. The topological polar surface area (TPSA) is 74.8 Å². The van der Waals surface area contributed by atoms with Crippen molar-refractivity contribution in [3.05, 3.63) is 40.2 Å². The fourth-order valence-corrected chi connectivity index (χ4v) is 2.25. The van der Waals surface area contributed by atoms with Crippen LogP contribution in [0.1, 0.15) is 34.6 Å². The third-order valence-corrected chi connectivity index (χ3v) is 3.35. The van der Waals surface area contributed by atoms with Gasteiger partial charge in [-0.15, -0.1) is 10.2 Å². The van der Waals surface area contributed by atoms with E-state index in [2.05, 4.69) is 20.6 Å². The van der Waals surface area contributed by atoms with Gasteiger partial charge >= 0.3 is 0 Å². The number of hydrogen-bond donors (Lipinski definition) is 1. The van der Waals surface area contributed by atoms with Gasteiger partial charge in [-0.05, 0) is 30.7 Å². The number of carbonyl (C=O) groups is 1. The van der Waals surface area contributed by atoms with Crippen molar-refractivity contribution in [2.75, 3.05) is 13.6 Å². The van der Waals surface area contributed by atoms with Crippen LogP contribution in [0.25, 0.3) is 0 Å². The standard InChI is InChI=1S/C13H16ClN5O/c1-8-6-10(14)4-5-11(8)13(20)19(3)7-9(2)12-15-17-18-16-12/h4-6,9H,7H2,1-3H3,(H,15,16,17,18). The molecule has 1 heterocycles. The molecular weight excluding hydrogens is 278 g/mol. The van der Waals surface area contributed by atoms with Crippen LogP contribution < -0.4 is 0 Å². The van der Waals surface area contributed by atoms with Crippen LogP contribution in [0.2, 0.25) is 5.02 Å². The van der Waals surface area contributed by atoms with Crippen molar-refractivity contribution < 1.29 is 4.79 Å². The lowest BCUT2D eigenvalue weighted by atomic mass is 10.1. The number of benzene rings is 1. The van der Waals surface area contributed by atoms with Gasteiger partial charge in [-0.25, -0.2) is 0 Å². The van der Waals surface area contributed by atoms with Crippen molar-refractivity contribution in [3.63, 3.8) is 0 Å². The van der Waals surface area contributed by atoms with Crippen LogP contribution in [0.3, 0.4) is 0 Å². The molecule has 1 atom stereocenters. The number of H-pyrrole nitrogens is 1. The first-order valence-electron chi connectivity index (χ1n) is 6.24. The van der Waals surface area contributed by atoms with Crippen LogP contribution in [-0.2, 0) is 0 Å². The molecule has 0 fully saturated rings. The van der Waals surface area contributed by atoms with Crippen molar-refractivity contribution >= 4 is 17.5 Å². The number of nitrogens with zero attached hydrogens (tertiary/aromatic N) is 4. The van der Waals surface area contributed by atoms with Gasteiger partial charge in [0.05, 0.1) is 0 Å². The molecule has 0 aliphatic heterocycles. The van der Waals surface area contributed by atoms with Gasteiger partial charge in [0, 0.05) is 30.1 Å². The number of rotatable bonds is 4. The Kier molecular flexibility index (Phi) is 4.34. The summed E-state index contributed by atoms with van der Waals surface area (Å²) in [5.41, 5.74) is 1.51. The van der Waals surface area contributed by atoms with Gasteiger partial charge in [0.25, 0.3) is 5.91 Å². The molecule has 0 spiro atoms. The van der Waals surface area contributed by atoms with E-state index in [-0.39, 0.29) is 11.8 Å². The molecule has 2 rings (SSSR count). The summed E-state index contributed by atoms with van der Waals surface area (Å²) in [4.78, 5) is 14.1. The summed E-state index contributed by atoms with van der Waals surface area (Å²) in [5, 5.41) is 14.4. The van der Waals surface area contributed by atoms with Crippen LogP contribution in [0, 0.1) is 6.92 Å². The maximum atomic E-state index is 12.4. The van der Waals surface area contributed by atoms with Crippen LogP contribution in [-0.4, -0.2) is 45.0 Å². The highest BCUT2D eigenvalue weighted by atomic mass is 35.5. The predicted octanol–water partition coefficient (Wildman–Crippen LogP) is 2.04. The smallest absolute Gasteiger partial charge is 0.253 e. The molecule has 1 unspecified atom stereocenters. The number of amides is 1. The number of nitrogens with one attached hydrogen (secondary N) is 1. The highest BCUT2D eigenvalue weighted by Gasteiger charge is 2.19. The highest BCUT2D eigenvalue weighted by Crippen LogP contribution is 2.18. The Morgan fingerprint density at radius 1 is 1.50 bits per heavy atom. The van der Waals surface area contributed by atoms with Crippen LogP contribution in [0.4, 0.5) is 0 Å². The van der Waals surface area contributed by atoms with Gasteiger partial charge in [0.15, 0.2) is 5.82 Å². The number of hydrogen-bond acceptors (Lipinski definition) is 4. The molecule has 0 aliphatic carbocycles. The van der Waals surface area contributed by atoms with Crippen LogP contribution in [0.15, 0.2) is 18.2 Å². The van der Waals surface area contributed by atoms with Crippen LogP contribution >= 0.6 is 11.6 Å². The fourth-order valence-electron chi connectivity index (χ4n) is 2.03. The van der Waals surface area contributed by atoms with Gasteiger partial charge in [0.2, 0.25) is 0 Å². The van der Waals surface area contributed by atoms with Gasteiger partial charge in [-0.3, -0.25) is 4.79 Å².